The van der Waals surface area contributed by atoms with Crippen molar-refractivity contribution in [1.29, 1.82) is 0 Å². The molecule has 0 aliphatic heterocycles. The predicted molar refractivity (Wildman–Crippen MR) is 104 cm³/mol. The Labute approximate surface area is 157 Å². The molecule has 1 unspecified atom stereocenters. The molecule has 0 aliphatic rings. The molecule has 0 saturated carbocycles. The number of ether oxygens (including phenoxy) is 2. The molecule has 2 N–H and O–H groups in total. The predicted octanol–water partition coefficient (Wildman–Crippen LogP) is 5.06. The van der Waals surface area contributed by atoms with Gasteiger partial charge in [-0.1, -0.05) is 29.3 Å². The second kappa shape index (κ2) is 8.42. The third-order valence-electron chi connectivity index (χ3n) is 3.43. The Morgan fingerprint density at radius 3 is 2.38 bits per heavy atom. The highest BCUT2D eigenvalue weighted by Gasteiger charge is 2.12. The third-order valence-corrected chi connectivity index (χ3v) is 4.20. The molecule has 2 aromatic rings. The van der Waals surface area contributed by atoms with E-state index in [4.69, 9.17) is 44.9 Å². The Bertz CT molecular complexity index is 741. The minimum Gasteiger partial charge on any atom is -0.493 e. The summed E-state index contributed by atoms with van der Waals surface area (Å²) in [5.41, 5.74) is 1.71. The lowest BCUT2D eigenvalue weighted by atomic mass is 10.1. The van der Waals surface area contributed by atoms with E-state index in [9.17, 15) is 0 Å². The van der Waals surface area contributed by atoms with Gasteiger partial charge in [-0.05, 0) is 55.0 Å². The van der Waals surface area contributed by atoms with Crippen LogP contribution in [-0.2, 0) is 0 Å². The molecule has 1 atom stereocenters. The largest absolute Gasteiger partial charge is 0.493 e. The fraction of sp³-hybridized carbons (Fsp3) is 0.235. The minimum absolute atomic E-state index is 0.0316. The summed E-state index contributed by atoms with van der Waals surface area (Å²) in [6.07, 6.45) is 0. The Balaban J connectivity index is 2.06. The van der Waals surface area contributed by atoms with Crippen molar-refractivity contribution in [2.24, 2.45) is 0 Å². The van der Waals surface area contributed by atoms with Crippen molar-refractivity contribution in [2.45, 2.75) is 13.0 Å². The highest BCUT2D eigenvalue weighted by Crippen LogP contribution is 2.30. The van der Waals surface area contributed by atoms with Gasteiger partial charge in [0.05, 0.1) is 31.0 Å². The number of halogens is 2. The summed E-state index contributed by atoms with van der Waals surface area (Å²) in [5.74, 6) is 1.35. The highest BCUT2D eigenvalue weighted by atomic mass is 35.5. The number of hydrogen-bond donors (Lipinski definition) is 2. The molecule has 4 nitrogen and oxygen atoms in total. The monoisotopic (exact) mass is 384 g/mol. The normalized spacial score (nSPS) is 11.5. The number of benzene rings is 2. The van der Waals surface area contributed by atoms with E-state index in [0.717, 1.165) is 5.56 Å². The lowest BCUT2D eigenvalue weighted by molar-refractivity contribution is 0.354. The number of methoxy groups -OCH3 is 2. The van der Waals surface area contributed by atoms with E-state index in [1.807, 2.05) is 25.1 Å². The van der Waals surface area contributed by atoms with Gasteiger partial charge in [-0.25, -0.2) is 0 Å². The van der Waals surface area contributed by atoms with Crippen LogP contribution in [0.15, 0.2) is 36.4 Å². The van der Waals surface area contributed by atoms with E-state index in [-0.39, 0.29) is 6.04 Å². The van der Waals surface area contributed by atoms with Crippen molar-refractivity contribution < 1.29 is 9.47 Å². The summed E-state index contributed by atoms with van der Waals surface area (Å²) in [6, 6.07) is 10.9. The fourth-order valence-corrected chi connectivity index (χ4v) is 2.89. The molecule has 0 radical (unpaired) electrons. The zero-order chi connectivity index (χ0) is 17.7. The zero-order valence-corrected chi connectivity index (χ0v) is 15.9. The molecule has 7 heteroatoms. The SMILES string of the molecule is COc1ccc(C(C)NC(=S)Nc2ccc(Cl)cc2Cl)cc1OC. The molecule has 0 fully saturated rings. The molecule has 24 heavy (non-hydrogen) atoms. The molecule has 2 rings (SSSR count). The molecule has 0 saturated heterocycles. The molecular formula is C17H18Cl2N2O2S. The molecule has 2 aromatic carbocycles. The minimum atomic E-state index is -0.0316. The number of nitrogens with one attached hydrogen (secondary N) is 2. The molecule has 128 valence electrons. The summed E-state index contributed by atoms with van der Waals surface area (Å²) in [6.45, 7) is 2.00. The average molecular weight is 385 g/mol. The van der Waals surface area contributed by atoms with Gasteiger partial charge in [0.2, 0.25) is 0 Å². The highest BCUT2D eigenvalue weighted by molar-refractivity contribution is 7.80. The second-order valence-electron chi connectivity index (χ2n) is 5.06. The van der Waals surface area contributed by atoms with Crippen LogP contribution in [0.1, 0.15) is 18.5 Å². The van der Waals surface area contributed by atoms with Gasteiger partial charge in [0.25, 0.3) is 0 Å². The van der Waals surface area contributed by atoms with E-state index >= 15 is 0 Å². The number of anilines is 1. The maximum atomic E-state index is 6.14. The van der Waals surface area contributed by atoms with Crippen molar-refractivity contribution in [3.05, 3.63) is 52.0 Å². The summed E-state index contributed by atoms with van der Waals surface area (Å²) >= 11 is 17.4. The summed E-state index contributed by atoms with van der Waals surface area (Å²) in [7, 11) is 3.21. The van der Waals surface area contributed by atoms with Gasteiger partial charge in [0.15, 0.2) is 16.6 Å². The maximum Gasteiger partial charge on any atom is 0.171 e. The third kappa shape index (κ3) is 4.66. The van der Waals surface area contributed by atoms with Crippen LogP contribution >= 0.6 is 35.4 Å². The van der Waals surface area contributed by atoms with E-state index in [1.165, 1.54) is 0 Å². The summed E-state index contributed by atoms with van der Waals surface area (Å²) in [5, 5.41) is 7.81. The first-order chi connectivity index (χ1) is 11.4. The molecular weight excluding hydrogens is 367 g/mol. The first-order valence-electron chi connectivity index (χ1n) is 7.19. The Morgan fingerprint density at radius 1 is 1.04 bits per heavy atom. The van der Waals surface area contributed by atoms with Gasteiger partial charge in [-0.3, -0.25) is 0 Å². The summed E-state index contributed by atoms with van der Waals surface area (Å²) in [4.78, 5) is 0. The van der Waals surface area contributed by atoms with Crippen LogP contribution in [0.2, 0.25) is 10.0 Å². The molecule has 0 spiro atoms. The first-order valence-corrected chi connectivity index (χ1v) is 8.35. The Kier molecular flexibility index (Phi) is 6.54. The van der Waals surface area contributed by atoms with Gasteiger partial charge < -0.3 is 20.1 Å². The Morgan fingerprint density at radius 2 is 1.75 bits per heavy atom. The second-order valence-corrected chi connectivity index (χ2v) is 6.31. The van der Waals surface area contributed by atoms with Crippen LogP contribution in [0, 0.1) is 0 Å². The average Bonchev–Trinajstić information content (AvgIpc) is 2.56. The van der Waals surface area contributed by atoms with Crippen molar-refractivity contribution >= 4 is 46.2 Å². The number of thiocarbonyl (C=S) groups is 1. The Hall–Kier alpha value is -1.69. The van der Waals surface area contributed by atoms with Crippen molar-refractivity contribution in [3.8, 4) is 11.5 Å². The number of hydrogen-bond acceptors (Lipinski definition) is 3. The zero-order valence-electron chi connectivity index (χ0n) is 13.5. The lowest BCUT2D eigenvalue weighted by Crippen LogP contribution is -2.31. The van der Waals surface area contributed by atoms with Gasteiger partial charge in [-0.15, -0.1) is 0 Å². The standard InChI is InChI=1S/C17H18Cl2N2O2S/c1-10(11-4-7-15(22-2)16(8-11)23-3)20-17(24)21-14-6-5-12(18)9-13(14)19/h4-10H,1-3H3,(H2,20,21,24). The fourth-order valence-electron chi connectivity index (χ4n) is 2.15. The van der Waals surface area contributed by atoms with Crippen LogP contribution in [0.25, 0.3) is 0 Å². The van der Waals surface area contributed by atoms with Crippen LogP contribution in [-0.4, -0.2) is 19.3 Å². The van der Waals surface area contributed by atoms with Gasteiger partial charge in [0, 0.05) is 5.02 Å². The molecule has 0 aliphatic carbocycles. The van der Waals surface area contributed by atoms with Crippen LogP contribution in [0.3, 0.4) is 0 Å². The number of rotatable bonds is 5. The van der Waals surface area contributed by atoms with E-state index < -0.39 is 0 Å². The van der Waals surface area contributed by atoms with Gasteiger partial charge >= 0.3 is 0 Å². The van der Waals surface area contributed by atoms with E-state index in [2.05, 4.69) is 10.6 Å². The van der Waals surface area contributed by atoms with Crippen LogP contribution < -0.4 is 20.1 Å². The topological polar surface area (TPSA) is 42.5 Å². The molecule has 0 heterocycles. The first kappa shape index (κ1) is 18.6. The van der Waals surface area contributed by atoms with Crippen molar-refractivity contribution in [1.82, 2.24) is 5.32 Å². The van der Waals surface area contributed by atoms with Crippen molar-refractivity contribution in [2.75, 3.05) is 19.5 Å². The van der Waals surface area contributed by atoms with Gasteiger partial charge in [-0.2, -0.15) is 0 Å². The van der Waals surface area contributed by atoms with E-state index in [1.54, 1.807) is 32.4 Å². The van der Waals surface area contributed by atoms with Crippen LogP contribution in [0.4, 0.5) is 5.69 Å². The smallest absolute Gasteiger partial charge is 0.171 e. The maximum absolute atomic E-state index is 6.14. The molecule has 0 aromatic heterocycles. The quantitative estimate of drug-likeness (QED) is 0.705. The van der Waals surface area contributed by atoms with Crippen LogP contribution in [0.5, 0.6) is 11.5 Å². The van der Waals surface area contributed by atoms with Crippen molar-refractivity contribution in [3.63, 3.8) is 0 Å². The van der Waals surface area contributed by atoms with Gasteiger partial charge in [0.1, 0.15) is 0 Å². The molecule has 0 bridgehead atoms. The van der Waals surface area contributed by atoms with E-state index in [0.29, 0.717) is 32.3 Å². The molecule has 0 amide bonds. The lowest BCUT2D eigenvalue weighted by Gasteiger charge is -2.19. The summed E-state index contributed by atoms with van der Waals surface area (Å²) < 4.78 is 10.6.